The van der Waals surface area contributed by atoms with Gasteiger partial charge < -0.3 is 20.2 Å². The van der Waals surface area contributed by atoms with Crippen molar-refractivity contribution >= 4 is 0 Å². The molecule has 0 aromatic heterocycles. The van der Waals surface area contributed by atoms with Gasteiger partial charge in [-0.3, -0.25) is 12.6 Å². The van der Waals surface area contributed by atoms with Crippen molar-refractivity contribution in [2.45, 2.75) is 33.1 Å². The zero-order chi connectivity index (χ0) is 9.07. The maximum absolute atomic E-state index is 3.12. The van der Waals surface area contributed by atoms with Crippen LogP contribution in [-0.4, -0.2) is 6.54 Å². The molecule has 1 nitrogen and oxygen atoms in total. The van der Waals surface area contributed by atoms with E-state index in [1.807, 2.05) is 25.6 Å². The third-order valence-electron chi connectivity index (χ3n) is 1.46. The predicted octanol–water partition coefficient (Wildman–Crippen LogP) is 3.76. The molecule has 0 aliphatic heterocycles. The van der Waals surface area contributed by atoms with E-state index in [-0.39, 0.29) is 36.6 Å². The number of rotatable bonds is 4. The number of hydrogen-bond acceptors (Lipinski definition) is 1. The van der Waals surface area contributed by atoms with Gasteiger partial charge in [-0.05, 0) is 13.0 Å². The van der Waals surface area contributed by atoms with Crippen molar-refractivity contribution in [3.63, 3.8) is 0 Å². The van der Waals surface area contributed by atoms with Crippen LogP contribution >= 0.6 is 0 Å². The molecule has 0 unspecified atom stereocenters. The quantitative estimate of drug-likeness (QED) is 0.450. The molecule has 0 spiro atoms. The van der Waals surface area contributed by atoms with Gasteiger partial charge in [-0.25, -0.2) is 12.2 Å². The van der Waals surface area contributed by atoms with Crippen LogP contribution in [-0.2, 0) is 21.7 Å². The average molecular weight is 243 g/mol. The van der Waals surface area contributed by atoms with Crippen LogP contribution in [0.25, 0.3) is 0 Å². The maximum Gasteiger partial charge on any atom is 4.00 e. The van der Waals surface area contributed by atoms with Crippen LogP contribution in [0.4, 0.5) is 0 Å². The summed E-state index contributed by atoms with van der Waals surface area (Å²) in [6, 6.07) is 0. The fourth-order valence-corrected chi connectivity index (χ4v) is 0.763. The van der Waals surface area contributed by atoms with Crippen molar-refractivity contribution in [2.75, 3.05) is 6.54 Å². The summed E-state index contributed by atoms with van der Waals surface area (Å²) in [6.07, 6.45) is 12.6. The third-order valence-corrected chi connectivity index (χ3v) is 1.46. The Morgan fingerprint density at radius 2 is 2.07 bits per heavy atom. The Labute approximate surface area is 112 Å². The van der Waals surface area contributed by atoms with E-state index in [1.54, 1.807) is 0 Å². The molecule has 0 bridgehead atoms. The van der Waals surface area contributed by atoms with Crippen LogP contribution in [0, 0.1) is 27.5 Å². The predicted molar refractivity (Wildman–Crippen MR) is 67.3 cm³/mol. The molecule has 0 aromatic carbocycles. The molecule has 2 heteroatoms. The van der Waals surface area contributed by atoms with Gasteiger partial charge in [-0.15, -0.1) is 6.42 Å². The van der Waals surface area contributed by atoms with Gasteiger partial charge in [0, 0.05) is 0 Å². The van der Waals surface area contributed by atoms with E-state index >= 15 is 0 Å². The first-order chi connectivity index (χ1) is 5.91. The number of nitrogens with one attached hydrogen (secondary N) is 1. The van der Waals surface area contributed by atoms with Gasteiger partial charge in [0.05, 0.1) is 0 Å². The van der Waals surface area contributed by atoms with Gasteiger partial charge >= 0.3 is 21.7 Å². The summed E-state index contributed by atoms with van der Waals surface area (Å²) < 4.78 is 0. The smallest absolute Gasteiger partial charge is 0.470 e. The summed E-state index contributed by atoms with van der Waals surface area (Å²) in [5, 5.41) is 3.12. The molecule has 1 aliphatic rings. The van der Waals surface area contributed by atoms with E-state index in [0.717, 1.165) is 13.0 Å². The van der Waals surface area contributed by atoms with Crippen LogP contribution in [0.5, 0.6) is 0 Å². The van der Waals surface area contributed by atoms with Gasteiger partial charge in [0.25, 0.3) is 0 Å². The Hall–Kier alpha value is 0.154. The molecule has 0 aromatic rings. The van der Waals surface area contributed by atoms with Gasteiger partial charge in [0.15, 0.2) is 0 Å². The summed E-state index contributed by atoms with van der Waals surface area (Å²) in [6.45, 7) is 7.32. The largest absolute Gasteiger partial charge is 4.00 e. The molecule has 1 aliphatic carbocycles. The fourth-order valence-electron chi connectivity index (χ4n) is 0.763. The van der Waals surface area contributed by atoms with E-state index in [1.165, 1.54) is 12.8 Å². The van der Waals surface area contributed by atoms with Crippen molar-refractivity contribution in [1.29, 1.82) is 0 Å². The second-order valence-corrected chi connectivity index (χ2v) is 2.60. The third kappa shape index (κ3) is 25.0. The standard InChI is InChI=1S/C6H14N.C5H5.2CH3.Ti/c1-3-5-6-7-4-2;1-2-4-5-3-1;;;/h4,7H,3,5-6H2,1-2H3;1-3H,4H2;2*1H3;/q4*-1;+4. The summed E-state index contributed by atoms with van der Waals surface area (Å²) >= 11 is 0. The molecular formula is C13H25NTi. The fraction of sp³-hybridized carbons (Fsp3) is 0.462. The average Bonchev–Trinajstić information content (AvgIpc) is 2.62. The molecular weight excluding hydrogens is 218 g/mol. The Kier molecular flexibility index (Phi) is 38.6. The number of unbranched alkanes of at least 4 members (excludes halogenated alkanes) is 1. The number of hydrogen-bond donors (Lipinski definition) is 1. The minimum absolute atomic E-state index is 0. The Bertz CT molecular complexity index is 116. The van der Waals surface area contributed by atoms with Crippen LogP contribution in [0.15, 0.2) is 18.2 Å². The zero-order valence-corrected chi connectivity index (χ0v) is 12.2. The van der Waals surface area contributed by atoms with E-state index in [4.69, 9.17) is 0 Å². The van der Waals surface area contributed by atoms with Crippen molar-refractivity contribution in [3.8, 4) is 0 Å². The molecule has 86 valence electrons. The molecule has 0 atom stereocenters. The molecule has 0 fully saturated rings. The van der Waals surface area contributed by atoms with Crippen LogP contribution in [0.1, 0.15) is 33.1 Å². The van der Waals surface area contributed by atoms with Crippen molar-refractivity contribution in [1.82, 2.24) is 5.32 Å². The minimum atomic E-state index is 0. The van der Waals surface area contributed by atoms with Crippen molar-refractivity contribution in [2.24, 2.45) is 0 Å². The van der Waals surface area contributed by atoms with Crippen LogP contribution in [0.3, 0.4) is 0 Å². The molecule has 0 saturated carbocycles. The maximum atomic E-state index is 3.12. The van der Waals surface area contributed by atoms with Gasteiger partial charge in [0.1, 0.15) is 0 Å². The first kappa shape index (κ1) is 24.4. The summed E-state index contributed by atoms with van der Waals surface area (Å²) in [7, 11) is 0. The number of allylic oxidation sites excluding steroid dienone is 4. The molecule has 0 heterocycles. The first-order valence-corrected chi connectivity index (χ1v) is 4.64. The summed E-state index contributed by atoms with van der Waals surface area (Å²) in [5.74, 6) is 0. The van der Waals surface area contributed by atoms with Crippen LogP contribution in [0.2, 0.25) is 0 Å². The molecule has 1 N–H and O–H groups in total. The molecule has 0 amide bonds. The topological polar surface area (TPSA) is 12.0 Å². The van der Waals surface area contributed by atoms with E-state index < -0.39 is 0 Å². The van der Waals surface area contributed by atoms with Gasteiger partial charge in [-0.1, -0.05) is 13.3 Å². The van der Waals surface area contributed by atoms with Crippen molar-refractivity contribution < 1.29 is 21.7 Å². The normalized spacial score (nSPS) is 10.3. The Morgan fingerprint density at radius 3 is 2.33 bits per heavy atom. The first-order valence-electron chi connectivity index (χ1n) is 4.64. The monoisotopic (exact) mass is 243 g/mol. The molecule has 0 radical (unpaired) electrons. The van der Waals surface area contributed by atoms with E-state index in [0.29, 0.717) is 0 Å². The van der Waals surface area contributed by atoms with E-state index in [2.05, 4.69) is 24.4 Å². The Morgan fingerprint density at radius 1 is 1.40 bits per heavy atom. The summed E-state index contributed by atoms with van der Waals surface area (Å²) in [5.41, 5.74) is 0. The SMILES string of the molecule is C[CH-]NCCCC.[C-]1=CC=CC1.[CH3-].[CH3-].[Ti+4]. The van der Waals surface area contributed by atoms with Gasteiger partial charge in [0.2, 0.25) is 0 Å². The van der Waals surface area contributed by atoms with Crippen LogP contribution < -0.4 is 5.32 Å². The van der Waals surface area contributed by atoms with Gasteiger partial charge in [-0.2, -0.15) is 13.0 Å². The minimum Gasteiger partial charge on any atom is -0.470 e. The second-order valence-electron chi connectivity index (χ2n) is 2.60. The zero-order valence-electron chi connectivity index (χ0n) is 10.6. The van der Waals surface area contributed by atoms with E-state index in [9.17, 15) is 0 Å². The molecule has 15 heavy (non-hydrogen) atoms. The summed E-state index contributed by atoms with van der Waals surface area (Å²) in [4.78, 5) is 0. The Balaban J connectivity index is -0.0000000687. The molecule has 0 saturated heterocycles. The van der Waals surface area contributed by atoms with Crippen molar-refractivity contribution in [3.05, 3.63) is 45.7 Å². The molecule has 1 rings (SSSR count). The second kappa shape index (κ2) is 23.8.